The van der Waals surface area contributed by atoms with Gasteiger partial charge in [-0.15, -0.1) is 24.0 Å². The number of rotatable bonds is 0. The number of nitrogens with two attached hydrogens (primary N) is 1. The summed E-state index contributed by atoms with van der Waals surface area (Å²) in [5, 5.41) is 0. The van der Waals surface area contributed by atoms with E-state index in [1.807, 2.05) is 0 Å². The number of halogens is 2. The van der Waals surface area contributed by atoms with E-state index < -0.39 is 0 Å². The van der Waals surface area contributed by atoms with Gasteiger partial charge in [-0.3, -0.25) is 3.95 Å². The zero-order valence-electron chi connectivity index (χ0n) is 5.28. The molecule has 0 aliphatic heterocycles. The van der Waals surface area contributed by atoms with Crippen molar-refractivity contribution in [3.8, 4) is 0 Å². The monoisotopic (exact) mass is 445 g/mol. The quantitative estimate of drug-likeness (QED) is 0.244. The first-order valence-corrected chi connectivity index (χ1v) is 1.46. The van der Waals surface area contributed by atoms with Gasteiger partial charge in [0, 0.05) is 22.9 Å². The molecule has 0 amide bonds. The molecule has 2 nitrogen and oxygen atoms in total. The summed E-state index contributed by atoms with van der Waals surface area (Å²) in [6, 6.07) is 0. The molecule has 5 N–H and O–H groups in total. The van der Waals surface area contributed by atoms with E-state index in [9.17, 15) is 0 Å². The molecule has 7 heteroatoms. The normalized spacial score (nSPS) is 0.600. The molecule has 0 radical (unpaired) electrons. The summed E-state index contributed by atoms with van der Waals surface area (Å²) >= 11 is 1.65. The zero-order valence-corrected chi connectivity index (χ0v) is 14.3. The Morgan fingerprint density at radius 3 is 1.00 bits per heavy atom. The second kappa shape index (κ2) is 124. The summed E-state index contributed by atoms with van der Waals surface area (Å²) in [4.78, 5) is 0. The summed E-state index contributed by atoms with van der Waals surface area (Å²) in [5.41, 5.74) is 0. The molecular weight excluding hydrogens is 420 g/mol. The van der Waals surface area contributed by atoms with Crippen molar-refractivity contribution in [2.45, 2.75) is 22.3 Å². The van der Waals surface area contributed by atoms with E-state index in [1.54, 1.807) is 22.9 Å². The molecule has 0 saturated carbocycles. The Kier molecular flexibility index (Phi) is 1210. The SMILES string of the molecule is C.C.C.I.N.NI.P.S.[2H-].[K+]. The third kappa shape index (κ3) is 95.4. The van der Waals surface area contributed by atoms with Crippen molar-refractivity contribution in [2.24, 2.45) is 3.95 Å². The third-order valence-electron chi connectivity index (χ3n) is 0. The van der Waals surface area contributed by atoms with Crippen LogP contribution < -0.4 is 61.5 Å². The van der Waals surface area contributed by atoms with Gasteiger partial charge in [0.25, 0.3) is 0 Å². The molecule has 0 bridgehead atoms. The molecule has 0 spiro atoms. The van der Waals surface area contributed by atoms with Gasteiger partial charge < -0.3 is 7.58 Å². The minimum Gasteiger partial charge on any atom is -1.00 e. The predicted octanol–water partition coefficient (Wildman–Crippen LogP) is 0.271. The van der Waals surface area contributed by atoms with E-state index in [-0.39, 0.29) is 129 Å². The van der Waals surface area contributed by atoms with Crippen molar-refractivity contribution >= 4 is 70.2 Å². The molecule has 0 aromatic heterocycles. The third-order valence-corrected chi connectivity index (χ3v) is 0. The van der Waals surface area contributed by atoms with E-state index >= 15 is 0 Å². The Balaban J connectivity index is -0.000000000139. The van der Waals surface area contributed by atoms with Crippen LogP contribution in [0.25, 0.3) is 0 Å². The van der Waals surface area contributed by atoms with Gasteiger partial charge in [0.15, 0.2) is 0 Å². The summed E-state index contributed by atoms with van der Waals surface area (Å²) < 4.78 is 4.47. The molecule has 0 saturated heterocycles. The first-order valence-electron chi connectivity index (χ1n) is 0.218. The van der Waals surface area contributed by atoms with Crippen LogP contribution in [0.2, 0.25) is 0 Å². The Bertz CT molecular complexity index is 29.3. The Morgan fingerprint density at radius 2 is 1.00 bits per heavy atom. The largest absolute Gasteiger partial charge is 1.00 e. The van der Waals surface area contributed by atoms with Gasteiger partial charge in [-0.05, 0) is 0 Å². The van der Waals surface area contributed by atoms with E-state index in [0.717, 1.165) is 0 Å². The predicted molar refractivity (Wildman–Crippen MR) is 81.4 cm³/mol. The van der Waals surface area contributed by atoms with Crippen molar-refractivity contribution in [1.82, 2.24) is 6.15 Å². The number of hydrogen-bond acceptors (Lipinski definition) is 2. The fourth-order valence-electron chi connectivity index (χ4n) is 0. The van der Waals surface area contributed by atoms with Crippen LogP contribution in [0, 0.1) is 0 Å². The summed E-state index contributed by atoms with van der Waals surface area (Å²) in [6.07, 6.45) is 0. The van der Waals surface area contributed by atoms with Crippen molar-refractivity contribution in [1.29, 1.82) is 0 Å². The van der Waals surface area contributed by atoms with E-state index in [1.165, 1.54) is 0 Å². The average molecular weight is 445 g/mol. The van der Waals surface area contributed by atoms with E-state index in [0.29, 0.717) is 0 Å². The Labute approximate surface area is 152 Å². The Hall–Kier alpha value is 3.80. The molecule has 0 aromatic carbocycles. The second-order valence-electron chi connectivity index (χ2n) is 0. The van der Waals surface area contributed by atoms with Crippen LogP contribution in [0.4, 0.5) is 0 Å². The van der Waals surface area contributed by atoms with Gasteiger partial charge in [-0.25, -0.2) is 0 Å². The minimum atomic E-state index is 0. The van der Waals surface area contributed by atoms with Crippen LogP contribution >= 0.6 is 70.2 Å². The van der Waals surface area contributed by atoms with Crippen LogP contribution in [0.15, 0.2) is 0 Å². The average Bonchev–Trinajstić information content (AvgIpc) is 1.00. The molecular formula is C3H24I2KN2PS. The molecule has 0 aromatic rings. The molecule has 0 fully saturated rings. The Morgan fingerprint density at radius 1 is 1.00 bits per heavy atom. The van der Waals surface area contributed by atoms with Crippen LogP contribution in [0.3, 0.4) is 0 Å². The fourth-order valence-corrected chi connectivity index (χ4v) is 0. The molecule has 0 aliphatic rings. The van der Waals surface area contributed by atoms with Gasteiger partial charge >= 0.3 is 51.4 Å². The van der Waals surface area contributed by atoms with Gasteiger partial charge in [-0.2, -0.15) is 23.4 Å². The summed E-state index contributed by atoms with van der Waals surface area (Å²) in [5.74, 6) is 0. The smallest absolute Gasteiger partial charge is 1.00 e. The van der Waals surface area contributed by atoms with Crippen molar-refractivity contribution in [3.63, 3.8) is 0 Å². The van der Waals surface area contributed by atoms with Crippen LogP contribution in [-0.2, 0) is 0 Å². The summed E-state index contributed by atoms with van der Waals surface area (Å²) in [6.45, 7) is 0. The maximum absolute atomic E-state index is 4.47. The van der Waals surface area contributed by atoms with Crippen molar-refractivity contribution in [3.05, 3.63) is 0 Å². The fraction of sp³-hybridized carbons (Fsp3) is 1.00. The maximum atomic E-state index is 4.47. The standard InChI is InChI=1S/3CH4.H2IN.HI.K.H3N.H3P.H2S.H/c;;;1-2;;;;;;/h3*1H4;2H2;1H;;2*1H3;1H2;/q;;;;;+1;;;;-1/i;;;;;;;;;1+1. The first kappa shape index (κ1) is 98.2. The zero-order chi connectivity index (χ0) is 2.00. The van der Waals surface area contributed by atoms with Gasteiger partial charge in [0.2, 0.25) is 0 Å². The van der Waals surface area contributed by atoms with E-state index in [4.69, 9.17) is 0 Å². The van der Waals surface area contributed by atoms with Crippen molar-refractivity contribution in [2.75, 3.05) is 0 Å². The first-order chi connectivity index (χ1) is 1.00. The van der Waals surface area contributed by atoms with Gasteiger partial charge in [0.05, 0.1) is 0 Å². The molecule has 10 heavy (non-hydrogen) atoms. The molecule has 1 unspecified atom stereocenters. The van der Waals surface area contributed by atoms with Crippen LogP contribution in [-0.4, -0.2) is 0 Å². The molecule has 0 heterocycles. The van der Waals surface area contributed by atoms with Crippen LogP contribution in [0.5, 0.6) is 0 Å². The molecule has 72 valence electrons. The van der Waals surface area contributed by atoms with Crippen molar-refractivity contribution < 1.29 is 52.8 Å². The molecule has 0 rings (SSSR count). The molecule has 0 aliphatic carbocycles. The topological polar surface area (TPSA) is 61.0 Å². The number of hydrogen-bond donors (Lipinski definition) is 2. The van der Waals surface area contributed by atoms with Crippen LogP contribution in [0.1, 0.15) is 23.7 Å². The van der Waals surface area contributed by atoms with Gasteiger partial charge in [0.1, 0.15) is 0 Å². The van der Waals surface area contributed by atoms with E-state index in [2.05, 4.69) is 3.95 Å². The summed E-state index contributed by atoms with van der Waals surface area (Å²) in [7, 11) is 0. The second-order valence-corrected chi connectivity index (χ2v) is 0. The minimum absolute atomic E-state index is 0. The van der Waals surface area contributed by atoms with Gasteiger partial charge in [-0.1, -0.05) is 22.3 Å². The molecule has 1 atom stereocenters. The maximum Gasteiger partial charge on any atom is 1.00 e.